The van der Waals surface area contributed by atoms with E-state index in [-0.39, 0.29) is 16.5 Å². The van der Waals surface area contributed by atoms with Crippen molar-refractivity contribution in [3.8, 4) is 12.3 Å². The Balaban J connectivity index is 0.00000841. The van der Waals surface area contributed by atoms with E-state index in [0.717, 1.165) is 10.9 Å². The molecule has 1 aromatic rings. The third kappa shape index (κ3) is 12.6. The molecule has 0 radical (unpaired) electrons. The van der Waals surface area contributed by atoms with Gasteiger partial charge in [0.25, 0.3) is 0 Å². The van der Waals surface area contributed by atoms with Crippen molar-refractivity contribution >= 4 is 22.6 Å². The second-order valence-electron chi connectivity index (χ2n) is 8.66. The molecule has 0 amide bonds. The molecule has 0 bridgehead atoms. The van der Waals surface area contributed by atoms with Crippen molar-refractivity contribution in [2.24, 2.45) is 0 Å². The van der Waals surface area contributed by atoms with Crippen LogP contribution < -0.4 is 12.4 Å². The predicted molar refractivity (Wildman–Crippen MR) is 138 cm³/mol. The Bertz CT molecular complexity index is 524. The third-order valence-corrected chi connectivity index (χ3v) is 7.76. The van der Waals surface area contributed by atoms with Gasteiger partial charge in [0.15, 0.2) is 0 Å². The highest BCUT2D eigenvalue weighted by atomic mass is 127. The lowest BCUT2D eigenvalue weighted by molar-refractivity contribution is -0.927. The molecule has 1 rings (SSSR count). The first-order valence-electron chi connectivity index (χ1n) is 12.2. The third-order valence-electron chi connectivity index (χ3n) is 6.22. The Labute approximate surface area is 207 Å². The summed E-state index contributed by atoms with van der Waals surface area (Å²) in [5.74, 6) is 3.12. The number of nitrogens with zero attached hydrogens (tertiary/aromatic N) is 1. The summed E-state index contributed by atoms with van der Waals surface area (Å²) in [4.78, 5) is 0. The standard InChI is InChI=1S/C27H45IN.ClH/c1-4-7-9-11-13-18-23-29(27(28)6-3,24-19-14-12-10-8-5-2)25-22-26-20-16-15-17-21-26;/h3,15-17,20-21,27H,4-5,7-14,18-19,22-25H2,1-2H3;1H/q+1;/p-1. The number of hydrogen-bond acceptors (Lipinski definition) is 0. The van der Waals surface area contributed by atoms with Gasteiger partial charge in [0.2, 0.25) is 4.05 Å². The molecule has 0 N–H and O–H groups in total. The van der Waals surface area contributed by atoms with Crippen LogP contribution in [0.15, 0.2) is 30.3 Å². The lowest BCUT2D eigenvalue weighted by Gasteiger charge is -2.41. The lowest BCUT2D eigenvalue weighted by Crippen LogP contribution is -3.00. The van der Waals surface area contributed by atoms with Crippen molar-refractivity contribution < 1.29 is 16.9 Å². The molecule has 0 heterocycles. The molecule has 0 spiro atoms. The number of halogens is 2. The number of unbranched alkanes of at least 4 members (excludes halogenated alkanes) is 10. The molecule has 0 fully saturated rings. The zero-order valence-electron chi connectivity index (χ0n) is 19.6. The van der Waals surface area contributed by atoms with E-state index in [0.29, 0.717) is 0 Å². The number of terminal acetylenes is 1. The Morgan fingerprint density at radius 1 is 0.767 bits per heavy atom. The molecular formula is C27H45ClIN. The normalized spacial score (nSPS) is 12.2. The largest absolute Gasteiger partial charge is 1.00 e. The smallest absolute Gasteiger partial charge is 0.200 e. The maximum Gasteiger partial charge on any atom is 0.200 e. The van der Waals surface area contributed by atoms with Crippen molar-refractivity contribution in [1.29, 1.82) is 0 Å². The van der Waals surface area contributed by atoms with Crippen LogP contribution >= 0.6 is 22.6 Å². The minimum atomic E-state index is 0. The van der Waals surface area contributed by atoms with Gasteiger partial charge < -0.3 is 16.9 Å². The zero-order valence-corrected chi connectivity index (χ0v) is 22.5. The second-order valence-corrected chi connectivity index (χ2v) is 9.84. The van der Waals surface area contributed by atoms with Gasteiger partial charge in [0.05, 0.1) is 19.6 Å². The number of quaternary nitrogens is 1. The molecule has 3 heteroatoms. The first-order chi connectivity index (χ1) is 14.2. The number of benzene rings is 1. The number of rotatable bonds is 18. The fourth-order valence-corrected chi connectivity index (χ4v) is 5.08. The SMILES string of the molecule is C#CC(I)[N+](CCCCCCCC)(CCCCCCCC)CCc1ccccc1.[Cl-]. The van der Waals surface area contributed by atoms with Gasteiger partial charge in [0, 0.05) is 29.0 Å². The van der Waals surface area contributed by atoms with Crippen molar-refractivity contribution in [1.82, 2.24) is 0 Å². The van der Waals surface area contributed by atoms with E-state index >= 15 is 0 Å². The highest BCUT2D eigenvalue weighted by molar-refractivity contribution is 14.1. The quantitative estimate of drug-likeness (QED) is 0.0597. The van der Waals surface area contributed by atoms with Gasteiger partial charge in [-0.05, 0) is 37.2 Å². The molecule has 0 aliphatic rings. The van der Waals surface area contributed by atoms with Gasteiger partial charge in [-0.15, -0.1) is 6.42 Å². The topological polar surface area (TPSA) is 0 Å². The Hall–Kier alpha value is -0.240. The van der Waals surface area contributed by atoms with Gasteiger partial charge in [-0.2, -0.15) is 0 Å². The first kappa shape index (κ1) is 29.8. The zero-order chi connectivity index (χ0) is 21.2. The number of hydrogen-bond donors (Lipinski definition) is 0. The van der Waals surface area contributed by atoms with Gasteiger partial charge in [-0.3, -0.25) is 0 Å². The van der Waals surface area contributed by atoms with Crippen LogP contribution in [0, 0.1) is 12.3 Å². The summed E-state index contributed by atoms with van der Waals surface area (Å²) in [7, 11) is 0. The maximum atomic E-state index is 5.99. The highest BCUT2D eigenvalue weighted by Gasteiger charge is 2.33. The lowest BCUT2D eigenvalue weighted by atomic mass is 10.1. The molecule has 1 nitrogen and oxygen atoms in total. The van der Waals surface area contributed by atoms with E-state index in [1.54, 1.807) is 0 Å². The minimum absolute atomic E-state index is 0. The Kier molecular flexibility index (Phi) is 19.3. The molecule has 0 aliphatic heterocycles. The summed E-state index contributed by atoms with van der Waals surface area (Å²) >= 11 is 2.55. The van der Waals surface area contributed by atoms with Crippen LogP contribution in [0.4, 0.5) is 0 Å². The fourth-order valence-electron chi connectivity index (χ4n) is 4.24. The number of alkyl halides is 1. The fraction of sp³-hybridized carbons (Fsp3) is 0.704. The maximum absolute atomic E-state index is 5.99. The average molecular weight is 546 g/mol. The summed E-state index contributed by atoms with van der Waals surface area (Å²) in [6.45, 7) is 8.24. The summed E-state index contributed by atoms with van der Waals surface area (Å²) < 4.78 is 1.38. The molecule has 1 aromatic carbocycles. The van der Waals surface area contributed by atoms with Gasteiger partial charge in [-0.25, -0.2) is 0 Å². The molecule has 0 saturated heterocycles. The average Bonchev–Trinajstić information content (AvgIpc) is 2.76. The molecule has 1 unspecified atom stereocenters. The van der Waals surface area contributed by atoms with Crippen molar-refractivity contribution in [2.45, 2.75) is 101 Å². The molecular weight excluding hydrogens is 501 g/mol. The highest BCUT2D eigenvalue weighted by Crippen LogP contribution is 2.25. The van der Waals surface area contributed by atoms with Crippen LogP contribution in [-0.2, 0) is 6.42 Å². The predicted octanol–water partition coefficient (Wildman–Crippen LogP) is 5.17. The minimum Gasteiger partial charge on any atom is -1.00 e. The summed E-state index contributed by atoms with van der Waals surface area (Å²) in [6.07, 6.45) is 23.4. The van der Waals surface area contributed by atoms with Gasteiger partial charge in [0.1, 0.15) is 0 Å². The Morgan fingerprint density at radius 3 is 1.70 bits per heavy atom. The first-order valence-corrected chi connectivity index (χ1v) is 13.4. The van der Waals surface area contributed by atoms with Crippen LogP contribution in [0.25, 0.3) is 0 Å². The van der Waals surface area contributed by atoms with E-state index in [1.807, 2.05) is 0 Å². The van der Waals surface area contributed by atoms with E-state index in [9.17, 15) is 0 Å². The molecule has 30 heavy (non-hydrogen) atoms. The van der Waals surface area contributed by atoms with Gasteiger partial charge >= 0.3 is 0 Å². The second kappa shape index (κ2) is 19.4. The monoisotopic (exact) mass is 545 g/mol. The van der Waals surface area contributed by atoms with Gasteiger partial charge in [-0.1, -0.05) is 95.5 Å². The van der Waals surface area contributed by atoms with Crippen LogP contribution in [0.2, 0.25) is 0 Å². The molecule has 0 saturated carbocycles. The van der Waals surface area contributed by atoms with E-state index in [2.05, 4.69) is 72.7 Å². The summed E-state index contributed by atoms with van der Waals surface area (Å²) in [5.41, 5.74) is 1.45. The van der Waals surface area contributed by atoms with Crippen molar-refractivity contribution in [2.75, 3.05) is 19.6 Å². The molecule has 0 aromatic heterocycles. The van der Waals surface area contributed by atoms with Crippen molar-refractivity contribution in [3.63, 3.8) is 0 Å². The summed E-state index contributed by atoms with van der Waals surface area (Å²) in [6, 6.07) is 11.0. The summed E-state index contributed by atoms with van der Waals surface area (Å²) in [5, 5.41) is 0. The molecule has 172 valence electrons. The van der Waals surface area contributed by atoms with Crippen molar-refractivity contribution in [3.05, 3.63) is 35.9 Å². The van der Waals surface area contributed by atoms with E-state index in [1.165, 1.54) is 102 Å². The molecule has 1 atom stereocenters. The van der Waals surface area contributed by atoms with E-state index < -0.39 is 0 Å². The van der Waals surface area contributed by atoms with Crippen LogP contribution in [0.1, 0.15) is 96.5 Å². The molecule has 0 aliphatic carbocycles. The van der Waals surface area contributed by atoms with E-state index in [4.69, 9.17) is 6.42 Å². The van der Waals surface area contributed by atoms with Crippen LogP contribution in [0.3, 0.4) is 0 Å². The van der Waals surface area contributed by atoms with Crippen LogP contribution in [-0.4, -0.2) is 28.2 Å². The Morgan fingerprint density at radius 2 is 1.23 bits per heavy atom. The van der Waals surface area contributed by atoms with Crippen LogP contribution in [0.5, 0.6) is 0 Å².